The van der Waals surface area contributed by atoms with Gasteiger partial charge in [0.05, 0.1) is 16.8 Å². The number of nitrogens with one attached hydrogen (secondary N) is 2. The van der Waals surface area contributed by atoms with Crippen molar-refractivity contribution in [3.63, 3.8) is 0 Å². The standard InChI is InChI=1S/C15H19F3N2O/c1-2-19-13-11(7-4-8-12(13)15(16,17)18)14(21)20-9-10-5-3-6-10/h4,7-8,10,19H,2-3,5-6,9H2,1H3,(H,20,21). The minimum absolute atomic E-state index is 0.0472. The highest BCUT2D eigenvalue weighted by Gasteiger charge is 2.35. The highest BCUT2D eigenvalue weighted by atomic mass is 19.4. The Hall–Kier alpha value is -1.72. The van der Waals surface area contributed by atoms with Crippen molar-refractivity contribution in [2.75, 3.05) is 18.4 Å². The number of rotatable bonds is 5. The Labute approximate surface area is 121 Å². The average molecular weight is 300 g/mol. The molecule has 1 amide bonds. The molecule has 0 atom stereocenters. The first-order chi connectivity index (χ1) is 9.93. The van der Waals surface area contributed by atoms with Crippen molar-refractivity contribution < 1.29 is 18.0 Å². The van der Waals surface area contributed by atoms with E-state index in [4.69, 9.17) is 0 Å². The van der Waals surface area contributed by atoms with E-state index in [-0.39, 0.29) is 11.3 Å². The maximum Gasteiger partial charge on any atom is 0.418 e. The molecule has 3 nitrogen and oxygen atoms in total. The van der Waals surface area contributed by atoms with Crippen LogP contribution in [0.3, 0.4) is 0 Å². The molecule has 0 aliphatic heterocycles. The Balaban J connectivity index is 2.22. The third-order valence-corrected chi connectivity index (χ3v) is 3.74. The van der Waals surface area contributed by atoms with Crippen LogP contribution < -0.4 is 10.6 Å². The van der Waals surface area contributed by atoms with E-state index in [0.717, 1.165) is 25.3 Å². The Morgan fingerprint density at radius 2 is 2.05 bits per heavy atom. The Morgan fingerprint density at radius 1 is 1.33 bits per heavy atom. The molecule has 1 aliphatic rings. The van der Waals surface area contributed by atoms with Crippen molar-refractivity contribution in [1.82, 2.24) is 5.32 Å². The van der Waals surface area contributed by atoms with Gasteiger partial charge in [-0.3, -0.25) is 4.79 Å². The van der Waals surface area contributed by atoms with Crippen LogP contribution in [-0.4, -0.2) is 19.0 Å². The molecule has 6 heteroatoms. The lowest BCUT2D eigenvalue weighted by molar-refractivity contribution is -0.137. The summed E-state index contributed by atoms with van der Waals surface area (Å²) in [6, 6.07) is 3.67. The van der Waals surface area contributed by atoms with Crippen LogP contribution in [0.1, 0.15) is 42.1 Å². The van der Waals surface area contributed by atoms with Crippen molar-refractivity contribution in [3.05, 3.63) is 29.3 Å². The predicted molar refractivity (Wildman–Crippen MR) is 75.3 cm³/mol. The third kappa shape index (κ3) is 3.68. The number of anilines is 1. The van der Waals surface area contributed by atoms with Gasteiger partial charge in [0, 0.05) is 13.1 Å². The van der Waals surface area contributed by atoms with Gasteiger partial charge in [-0.25, -0.2) is 0 Å². The van der Waals surface area contributed by atoms with Gasteiger partial charge in [-0.05, 0) is 37.8 Å². The van der Waals surface area contributed by atoms with Crippen LogP contribution in [0.15, 0.2) is 18.2 Å². The van der Waals surface area contributed by atoms with Gasteiger partial charge < -0.3 is 10.6 Å². The molecule has 21 heavy (non-hydrogen) atoms. The zero-order valence-electron chi connectivity index (χ0n) is 11.9. The van der Waals surface area contributed by atoms with Crippen LogP contribution >= 0.6 is 0 Å². The fourth-order valence-electron chi connectivity index (χ4n) is 2.37. The normalized spacial score (nSPS) is 15.4. The lowest BCUT2D eigenvalue weighted by atomic mass is 9.85. The quantitative estimate of drug-likeness (QED) is 0.871. The summed E-state index contributed by atoms with van der Waals surface area (Å²) in [5, 5.41) is 5.40. The molecule has 0 radical (unpaired) electrons. The summed E-state index contributed by atoms with van der Waals surface area (Å²) >= 11 is 0. The second-order valence-electron chi connectivity index (χ2n) is 5.26. The van der Waals surface area contributed by atoms with Crippen LogP contribution in [0.2, 0.25) is 0 Å². The minimum Gasteiger partial charge on any atom is -0.384 e. The fourth-order valence-corrected chi connectivity index (χ4v) is 2.37. The van der Waals surface area contributed by atoms with Crippen LogP contribution in [0.25, 0.3) is 0 Å². The molecule has 0 bridgehead atoms. The van der Waals surface area contributed by atoms with E-state index in [1.807, 2.05) is 0 Å². The number of carbonyl (C=O) groups is 1. The van der Waals surface area contributed by atoms with Gasteiger partial charge in [0.1, 0.15) is 0 Å². The molecule has 116 valence electrons. The van der Waals surface area contributed by atoms with E-state index >= 15 is 0 Å². The molecule has 1 aromatic rings. The summed E-state index contributed by atoms with van der Waals surface area (Å²) in [6.07, 6.45) is -1.18. The molecule has 1 fully saturated rings. The topological polar surface area (TPSA) is 41.1 Å². The predicted octanol–water partition coefficient (Wildman–Crippen LogP) is 3.67. The number of alkyl halides is 3. The Kier molecular flexibility index (Phi) is 4.75. The fraction of sp³-hybridized carbons (Fsp3) is 0.533. The van der Waals surface area contributed by atoms with Crippen molar-refractivity contribution in [1.29, 1.82) is 0 Å². The summed E-state index contributed by atoms with van der Waals surface area (Å²) in [5.41, 5.74) is -0.898. The van der Waals surface area contributed by atoms with Gasteiger partial charge in [0.25, 0.3) is 5.91 Å². The van der Waals surface area contributed by atoms with E-state index in [1.54, 1.807) is 6.92 Å². The lowest BCUT2D eigenvalue weighted by Crippen LogP contribution is -2.32. The first-order valence-corrected chi connectivity index (χ1v) is 7.15. The molecule has 0 unspecified atom stereocenters. The van der Waals surface area contributed by atoms with E-state index in [2.05, 4.69) is 10.6 Å². The molecule has 0 aromatic heterocycles. The summed E-state index contributed by atoms with van der Waals surface area (Å²) in [4.78, 5) is 12.1. The summed E-state index contributed by atoms with van der Waals surface area (Å²) in [6.45, 7) is 2.54. The molecule has 2 rings (SSSR count). The average Bonchev–Trinajstić information content (AvgIpc) is 2.36. The van der Waals surface area contributed by atoms with E-state index in [9.17, 15) is 18.0 Å². The van der Waals surface area contributed by atoms with Gasteiger partial charge in [-0.1, -0.05) is 12.5 Å². The molecule has 0 heterocycles. The number of hydrogen-bond donors (Lipinski definition) is 2. The number of halogens is 3. The van der Waals surface area contributed by atoms with Gasteiger partial charge in [-0.15, -0.1) is 0 Å². The monoisotopic (exact) mass is 300 g/mol. The largest absolute Gasteiger partial charge is 0.418 e. The maximum absolute atomic E-state index is 13.0. The van der Waals surface area contributed by atoms with E-state index < -0.39 is 17.6 Å². The molecule has 1 saturated carbocycles. The van der Waals surface area contributed by atoms with Gasteiger partial charge in [-0.2, -0.15) is 13.2 Å². The number of hydrogen-bond acceptors (Lipinski definition) is 2. The second-order valence-corrected chi connectivity index (χ2v) is 5.26. The lowest BCUT2D eigenvalue weighted by Gasteiger charge is -2.25. The smallest absolute Gasteiger partial charge is 0.384 e. The summed E-state index contributed by atoms with van der Waals surface area (Å²) < 4.78 is 39.1. The summed E-state index contributed by atoms with van der Waals surface area (Å²) in [5.74, 6) is 0.00582. The minimum atomic E-state index is -4.48. The molecule has 1 aliphatic carbocycles. The van der Waals surface area contributed by atoms with Crippen LogP contribution in [0.4, 0.5) is 18.9 Å². The second kappa shape index (κ2) is 6.37. The molecule has 0 saturated heterocycles. The van der Waals surface area contributed by atoms with Crippen molar-refractivity contribution in [3.8, 4) is 0 Å². The van der Waals surface area contributed by atoms with Gasteiger partial charge in [0.15, 0.2) is 0 Å². The van der Waals surface area contributed by atoms with E-state index in [1.165, 1.54) is 12.1 Å². The van der Waals surface area contributed by atoms with Crippen molar-refractivity contribution in [2.45, 2.75) is 32.4 Å². The highest BCUT2D eigenvalue weighted by Crippen LogP contribution is 2.36. The summed E-state index contributed by atoms with van der Waals surface area (Å²) in [7, 11) is 0. The Bertz CT molecular complexity index is 510. The van der Waals surface area contributed by atoms with Crippen LogP contribution in [0.5, 0.6) is 0 Å². The number of para-hydroxylation sites is 1. The third-order valence-electron chi connectivity index (χ3n) is 3.74. The Morgan fingerprint density at radius 3 is 2.57 bits per heavy atom. The first-order valence-electron chi connectivity index (χ1n) is 7.15. The molecular weight excluding hydrogens is 281 g/mol. The van der Waals surface area contributed by atoms with Gasteiger partial charge in [0.2, 0.25) is 0 Å². The molecule has 1 aromatic carbocycles. The van der Waals surface area contributed by atoms with Crippen LogP contribution in [0, 0.1) is 5.92 Å². The number of amides is 1. The van der Waals surface area contributed by atoms with Crippen molar-refractivity contribution in [2.24, 2.45) is 5.92 Å². The zero-order chi connectivity index (χ0) is 15.5. The van der Waals surface area contributed by atoms with Crippen molar-refractivity contribution >= 4 is 11.6 Å². The van der Waals surface area contributed by atoms with E-state index in [0.29, 0.717) is 19.0 Å². The molecule has 0 spiro atoms. The van der Waals surface area contributed by atoms with Gasteiger partial charge >= 0.3 is 6.18 Å². The van der Waals surface area contributed by atoms with Crippen LogP contribution in [-0.2, 0) is 6.18 Å². The highest BCUT2D eigenvalue weighted by molar-refractivity contribution is 6.00. The zero-order valence-corrected chi connectivity index (χ0v) is 11.9. The number of benzene rings is 1. The first kappa shape index (κ1) is 15.7. The maximum atomic E-state index is 13.0. The molecular formula is C15H19F3N2O. The molecule has 2 N–H and O–H groups in total. The SMILES string of the molecule is CCNc1c(C(=O)NCC2CCC2)cccc1C(F)(F)F. The number of carbonyl (C=O) groups excluding carboxylic acids is 1.